The quantitative estimate of drug-likeness (QED) is 0.302. The van der Waals surface area contributed by atoms with E-state index in [2.05, 4.69) is 15.2 Å². The first-order valence-corrected chi connectivity index (χ1v) is 14.1. The Kier molecular flexibility index (Phi) is 6.02. The van der Waals surface area contributed by atoms with Crippen molar-refractivity contribution in [1.29, 1.82) is 0 Å². The Labute approximate surface area is 231 Å². The van der Waals surface area contributed by atoms with E-state index in [-0.39, 0.29) is 34.5 Å². The van der Waals surface area contributed by atoms with Gasteiger partial charge in [0.15, 0.2) is 5.82 Å². The van der Waals surface area contributed by atoms with Crippen molar-refractivity contribution < 1.29 is 14.2 Å². The lowest BCUT2D eigenvalue weighted by atomic mass is 9.96. The monoisotopic (exact) mass is 547 g/mol. The van der Waals surface area contributed by atoms with Crippen LogP contribution < -0.4 is 20.7 Å². The van der Waals surface area contributed by atoms with Crippen molar-refractivity contribution in [1.82, 2.24) is 15.3 Å². The summed E-state index contributed by atoms with van der Waals surface area (Å²) in [7, 11) is 0. The third-order valence-corrected chi connectivity index (χ3v) is 8.86. The van der Waals surface area contributed by atoms with Crippen LogP contribution in [-0.2, 0) is 0 Å². The largest absolute Gasteiger partial charge is 0.508 e. The molecule has 1 aromatic heterocycles. The molecule has 0 radical (unpaired) electrons. The molecule has 3 aliphatic rings. The number of nitrogens with zero attached hydrogens (tertiary/aromatic N) is 3. The van der Waals surface area contributed by atoms with E-state index in [4.69, 9.17) is 27.1 Å². The number of hydrogen-bond acceptors (Lipinski definition) is 7. The van der Waals surface area contributed by atoms with Crippen LogP contribution in [0, 0.1) is 5.82 Å². The minimum absolute atomic E-state index is 0.0350. The van der Waals surface area contributed by atoms with E-state index < -0.39 is 11.4 Å². The summed E-state index contributed by atoms with van der Waals surface area (Å²) < 4.78 is 22.7. The van der Waals surface area contributed by atoms with Gasteiger partial charge in [-0.15, -0.1) is 0 Å². The third kappa shape index (κ3) is 4.44. The van der Waals surface area contributed by atoms with E-state index in [9.17, 15) is 5.11 Å². The maximum absolute atomic E-state index is 16.6. The molecule has 4 N–H and O–H groups in total. The van der Waals surface area contributed by atoms with Gasteiger partial charge in [0.2, 0.25) is 0 Å². The Morgan fingerprint density at radius 1 is 1.08 bits per heavy atom. The average Bonchev–Trinajstić information content (AvgIpc) is 3.51. The number of aromatic nitrogens is 2. The lowest BCUT2D eigenvalue weighted by Gasteiger charge is -2.34. The maximum Gasteiger partial charge on any atom is 0.319 e. The van der Waals surface area contributed by atoms with Crippen LogP contribution in [0.15, 0.2) is 42.5 Å². The topological polar surface area (TPSA) is 96.5 Å². The number of aromatic hydroxyl groups is 1. The standard InChI is InChI=1S/C30H31ClFN5O2/c31-24-13-23-27(26(32)25(24)22-12-20(38)11-17-5-1-2-6-21(17)22)35-29(39-16-30(33)9-3-4-10-30)36-28(23)37-14-18-7-8-19(15-37)34-18/h1-2,5-6,11-13,18-19,34,38H,3-4,7-10,14-16,33H2. The van der Waals surface area contributed by atoms with Gasteiger partial charge in [0, 0.05) is 36.1 Å². The molecule has 3 heterocycles. The summed E-state index contributed by atoms with van der Waals surface area (Å²) in [4.78, 5) is 11.6. The molecular formula is C30H31ClFN5O2. The van der Waals surface area contributed by atoms with Gasteiger partial charge in [-0.05, 0) is 60.2 Å². The van der Waals surface area contributed by atoms with E-state index in [0.717, 1.165) is 62.4 Å². The van der Waals surface area contributed by atoms with Gasteiger partial charge in [-0.1, -0.05) is 48.7 Å². The van der Waals surface area contributed by atoms with Crippen LogP contribution in [0.2, 0.25) is 5.02 Å². The second-order valence-corrected chi connectivity index (χ2v) is 11.8. The van der Waals surface area contributed by atoms with Crippen molar-refractivity contribution in [3.63, 3.8) is 0 Å². The summed E-state index contributed by atoms with van der Waals surface area (Å²) in [6, 6.07) is 13.3. The molecule has 2 saturated heterocycles. The second-order valence-electron chi connectivity index (χ2n) is 11.4. The Bertz CT molecular complexity index is 1580. The molecule has 4 aromatic rings. The van der Waals surface area contributed by atoms with Crippen LogP contribution in [0.1, 0.15) is 38.5 Å². The number of rotatable bonds is 5. The molecule has 2 aliphatic heterocycles. The number of anilines is 1. The first kappa shape index (κ1) is 24.8. The van der Waals surface area contributed by atoms with Gasteiger partial charge in [0.25, 0.3) is 0 Å². The molecule has 0 spiro atoms. The first-order valence-electron chi connectivity index (χ1n) is 13.7. The molecule has 7 rings (SSSR count). The summed E-state index contributed by atoms with van der Waals surface area (Å²) in [6.07, 6.45) is 6.12. The van der Waals surface area contributed by atoms with Crippen LogP contribution in [0.25, 0.3) is 32.8 Å². The fourth-order valence-corrected chi connectivity index (χ4v) is 6.91. The number of phenolic OH excluding ortho intramolecular Hbond substituents is 1. The highest BCUT2D eigenvalue weighted by Crippen LogP contribution is 2.43. The zero-order valence-corrected chi connectivity index (χ0v) is 22.3. The highest BCUT2D eigenvalue weighted by molar-refractivity contribution is 6.35. The van der Waals surface area contributed by atoms with Gasteiger partial charge in [-0.25, -0.2) is 4.39 Å². The summed E-state index contributed by atoms with van der Waals surface area (Å²) in [5.41, 5.74) is 6.97. The first-order chi connectivity index (χ1) is 18.9. The Balaban J connectivity index is 1.40. The summed E-state index contributed by atoms with van der Waals surface area (Å²) in [5, 5.41) is 16.4. The highest BCUT2D eigenvalue weighted by atomic mass is 35.5. The van der Waals surface area contributed by atoms with Gasteiger partial charge in [-0.2, -0.15) is 9.97 Å². The third-order valence-electron chi connectivity index (χ3n) is 8.56. The number of piperazine rings is 1. The normalized spacial score (nSPS) is 22.2. The molecule has 9 heteroatoms. The molecule has 1 aliphatic carbocycles. The minimum Gasteiger partial charge on any atom is -0.508 e. The van der Waals surface area contributed by atoms with Gasteiger partial charge in [0.1, 0.15) is 23.7 Å². The molecule has 2 atom stereocenters. The second kappa shape index (κ2) is 9.47. The summed E-state index contributed by atoms with van der Waals surface area (Å²) in [6.45, 7) is 1.81. The van der Waals surface area contributed by atoms with Gasteiger partial charge in [0.05, 0.1) is 10.6 Å². The highest BCUT2D eigenvalue weighted by Gasteiger charge is 2.35. The van der Waals surface area contributed by atoms with Gasteiger partial charge >= 0.3 is 6.01 Å². The van der Waals surface area contributed by atoms with Crippen LogP contribution in [-0.4, -0.2) is 52.4 Å². The predicted octanol–water partition coefficient (Wildman–Crippen LogP) is 5.54. The zero-order valence-electron chi connectivity index (χ0n) is 21.6. The average molecular weight is 548 g/mol. The number of phenols is 1. The lowest BCUT2D eigenvalue weighted by Crippen LogP contribution is -2.51. The molecule has 3 aromatic carbocycles. The van der Waals surface area contributed by atoms with Gasteiger partial charge in [-0.3, -0.25) is 0 Å². The molecular weight excluding hydrogens is 517 g/mol. The van der Waals surface area contributed by atoms with E-state index in [0.29, 0.717) is 28.9 Å². The fraction of sp³-hybridized carbons (Fsp3) is 0.400. The number of halogens is 2. The molecule has 0 amide bonds. The molecule has 3 fully saturated rings. The SMILES string of the molecule is NC1(COc2nc(N3CC4CCC(C3)N4)c3cc(Cl)c(-c4cc(O)cc5ccccc45)c(F)c3n2)CCCC1. The van der Waals surface area contributed by atoms with Gasteiger partial charge < -0.3 is 25.8 Å². The van der Waals surface area contributed by atoms with Crippen molar-refractivity contribution in [3.8, 4) is 22.9 Å². The zero-order chi connectivity index (χ0) is 26.7. The van der Waals surface area contributed by atoms with E-state index in [1.165, 1.54) is 0 Å². The number of benzene rings is 3. The summed E-state index contributed by atoms with van der Waals surface area (Å²) in [5.74, 6) is 0.0926. The smallest absolute Gasteiger partial charge is 0.319 e. The number of nitrogens with one attached hydrogen (secondary N) is 1. The number of fused-ring (bicyclic) bond motifs is 4. The van der Waals surface area contributed by atoms with Crippen LogP contribution >= 0.6 is 11.6 Å². The van der Waals surface area contributed by atoms with Crippen LogP contribution in [0.5, 0.6) is 11.8 Å². The molecule has 202 valence electrons. The number of ether oxygens (including phenoxy) is 1. The fourth-order valence-electron chi connectivity index (χ4n) is 6.62. The van der Waals surface area contributed by atoms with Crippen molar-refractivity contribution >= 4 is 39.1 Å². The van der Waals surface area contributed by atoms with Crippen LogP contribution in [0.4, 0.5) is 10.2 Å². The number of nitrogens with two attached hydrogens (primary N) is 1. The lowest BCUT2D eigenvalue weighted by molar-refractivity contribution is 0.206. The van der Waals surface area contributed by atoms with E-state index >= 15 is 4.39 Å². The van der Waals surface area contributed by atoms with Crippen molar-refractivity contribution in [3.05, 3.63) is 53.3 Å². The van der Waals surface area contributed by atoms with Crippen LogP contribution in [0.3, 0.4) is 0 Å². The molecule has 2 unspecified atom stereocenters. The Morgan fingerprint density at radius 2 is 1.82 bits per heavy atom. The van der Waals surface area contributed by atoms with E-state index in [1.807, 2.05) is 24.3 Å². The molecule has 39 heavy (non-hydrogen) atoms. The summed E-state index contributed by atoms with van der Waals surface area (Å²) >= 11 is 6.83. The number of hydrogen-bond donors (Lipinski definition) is 3. The Hall–Kier alpha value is -3.20. The Morgan fingerprint density at radius 3 is 2.59 bits per heavy atom. The molecule has 7 nitrogen and oxygen atoms in total. The maximum atomic E-state index is 16.6. The van der Waals surface area contributed by atoms with Crippen molar-refractivity contribution in [2.75, 3.05) is 24.6 Å². The molecule has 2 bridgehead atoms. The van der Waals surface area contributed by atoms with E-state index in [1.54, 1.807) is 18.2 Å². The van der Waals surface area contributed by atoms with Crippen molar-refractivity contribution in [2.24, 2.45) is 5.73 Å². The van der Waals surface area contributed by atoms with Crippen molar-refractivity contribution in [2.45, 2.75) is 56.1 Å². The minimum atomic E-state index is -0.566. The molecule has 1 saturated carbocycles. The predicted molar refractivity (Wildman–Crippen MR) is 152 cm³/mol.